The normalized spacial score (nSPS) is 10.6. The van der Waals surface area contributed by atoms with Gasteiger partial charge in [-0.25, -0.2) is 0 Å². The van der Waals surface area contributed by atoms with Crippen LogP contribution >= 0.6 is 11.3 Å². The number of carbonyl (C=O) groups excluding carboxylic acids is 1. The zero-order chi connectivity index (χ0) is 12.0. The number of carboxylic acid groups (broad SMARTS) is 1. The van der Waals surface area contributed by atoms with Crippen molar-refractivity contribution in [1.29, 1.82) is 0 Å². The Morgan fingerprint density at radius 1 is 1.56 bits per heavy atom. The lowest BCUT2D eigenvalue weighted by Crippen LogP contribution is -1.97. The molecule has 0 spiro atoms. The number of hydrogen-bond acceptors (Lipinski definition) is 4. The number of aliphatic carboxylic acids is 1. The zero-order valence-electron chi connectivity index (χ0n) is 8.80. The quantitative estimate of drug-likeness (QED) is 0.799. The van der Waals surface area contributed by atoms with Gasteiger partial charge in [0.2, 0.25) is 0 Å². The molecule has 0 aliphatic rings. The van der Waals surface area contributed by atoms with E-state index < -0.39 is 5.97 Å². The summed E-state index contributed by atoms with van der Waals surface area (Å²) < 4.78 is 4.48. The molecule has 0 unspecified atom stereocenters. The van der Waals surface area contributed by atoms with Gasteiger partial charge >= 0.3 is 11.9 Å². The maximum atomic E-state index is 10.8. The molecule has 86 valence electrons. The lowest BCUT2D eigenvalue weighted by molar-refractivity contribution is -0.139. The second-order valence-electron chi connectivity index (χ2n) is 3.10. The Bertz CT molecular complexity index is 406. The molecular formula is C11H12O4S. The second-order valence-corrected chi connectivity index (χ2v) is 4.10. The minimum atomic E-state index is -0.841. The SMILES string of the molecule is COC(=O)CC=Cc1csc(CC(=O)O)c1. The van der Waals surface area contributed by atoms with Gasteiger partial charge < -0.3 is 9.84 Å². The fraction of sp³-hybridized carbons (Fsp3) is 0.273. The number of thiophene rings is 1. The van der Waals surface area contributed by atoms with Crippen molar-refractivity contribution >= 4 is 29.4 Å². The van der Waals surface area contributed by atoms with Gasteiger partial charge in [-0.2, -0.15) is 0 Å². The number of methoxy groups -OCH3 is 1. The van der Waals surface area contributed by atoms with E-state index in [9.17, 15) is 9.59 Å². The Hall–Kier alpha value is -1.62. The van der Waals surface area contributed by atoms with E-state index in [1.165, 1.54) is 18.4 Å². The summed E-state index contributed by atoms with van der Waals surface area (Å²) in [5, 5.41) is 10.4. The topological polar surface area (TPSA) is 63.6 Å². The average Bonchev–Trinajstić information content (AvgIpc) is 2.64. The van der Waals surface area contributed by atoms with Crippen LogP contribution in [0.3, 0.4) is 0 Å². The van der Waals surface area contributed by atoms with Crippen LogP contribution in [0.5, 0.6) is 0 Å². The van der Waals surface area contributed by atoms with Crippen LogP contribution in [0.25, 0.3) is 6.08 Å². The molecule has 1 heterocycles. The molecule has 0 bridgehead atoms. The summed E-state index contributed by atoms with van der Waals surface area (Å²) in [5.41, 5.74) is 0.908. The van der Waals surface area contributed by atoms with Gasteiger partial charge in [0.15, 0.2) is 0 Å². The highest BCUT2D eigenvalue weighted by molar-refractivity contribution is 7.10. The van der Waals surface area contributed by atoms with Crippen LogP contribution in [0.2, 0.25) is 0 Å². The smallest absolute Gasteiger partial charge is 0.309 e. The Morgan fingerprint density at radius 3 is 2.94 bits per heavy atom. The van der Waals surface area contributed by atoms with Gasteiger partial charge in [0.05, 0.1) is 20.0 Å². The maximum absolute atomic E-state index is 10.8. The van der Waals surface area contributed by atoms with E-state index in [4.69, 9.17) is 5.11 Å². The third-order valence-corrected chi connectivity index (χ3v) is 2.78. The molecule has 5 heteroatoms. The molecule has 0 aliphatic carbocycles. The Labute approximate surface area is 97.2 Å². The summed E-state index contributed by atoms with van der Waals surface area (Å²) in [7, 11) is 1.34. The molecule has 0 atom stereocenters. The van der Waals surface area contributed by atoms with Gasteiger partial charge in [0.1, 0.15) is 0 Å². The summed E-state index contributed by atoms with van der Waals surface area (Å²) in [6.07, 6.45) is 3.73. The largest absolute Gasteiger partial charge is 0.481 e. The predicted molar refractivity (Wildman–Crippen MR) is 61.3 cm³/mol. The van der Waals surface area contributed by atoms with Crippen LogP contribution in [0.4, 0.5) is 0 Å². The fourth-order valence-corrected chi connectivity index (χ4v) is 1.95. The van der Waals surface area contributed by atoms with E-state index in [1.54, 1.807) is 18.2 Å². The highest BCUT2D eigenvalue weighted by atomic mass is 32.1. The van der Waals surface area contributed by atoms with Crippen molar-refractivity contribution in [3.8, 4) is 0 Å². The molecule has 0 radical (unpaired) electrons. The number of carboxylic acids is 1. The molecule has 4 nitrogen and oxygen atoms in total. The molecule has 0 fully saturated rings. The summed E-state index contributed by atoms with van der Waals surface area (Å²) in [4.78, 5) is 22.0. The summed E-state index contributed by atoms with van der Waals surface area (Å²) in [6.45, 7) is 0. The van der Waals surface area contributed by atoms with Crippen molar-refractivity contribution in [2.24, 2.45) is 0 Å². The van der Waals surface area contributed by atoms with E-state index in [1.807, 2.05) is 5.38 Å². The van der Waals surface area contributed by atoms with E-state index in [-0.39, 0.29) is 18.8 Å². The monoisotopic (exact) mass is 240 g/mol. The second kappa shape index (κ2) is 6.07. The Morgan fingerprint density at radius 2 is 2.31 bits per heavy atom. The number of ether oxygens (including phenoxy) is 1. The van der Waals surface area contributed by atoms with Crippen molar-refractivity contribution in [2.45, 2.75) is 12.8 Å². The van der Waals surface area contributed by atoms with Gasteiger partial charge in [0, 0.05) is 4.88 Å². The fourth-order valence-electron chi connectivity index (χ4n) is 1.10. The van der Waals surface area contributed by atoms with Crippen molar-refractivity contribution < 1.29 is 19.4 Å². The zero-order valence-corrected chi connectivity index (χ0v) is 9.62. The highest BCUT2D eigenvalue weighted by Gasteiger charge is 2.02. The van der Waals surface area contributed by atoms with Crippen LogP contribution in [0, 0.1) is 0 Å². The van der Waals surface area contributed by atoms with Crippen LogP contribution in [0.15, 0.2) is 17.5 Å². The molecular weight excluding hydrogens is 228 g/mol. The minimum absolute atomic E-state index is 0.0372. The molecule has 1 rings (SSSR count). The lowest BCUT2D eigenvalue weighted by Gasteiger charge is -1.91. The van der Waals surface area contributed by atoms with Gasteiger partial charge in [-0.15, -0.1) is 11.3 Å². The predicted octanol–water partition coefficient (Wildman–Crippen LogP) is 1.95. The molecule has 0 saturated carbocycles. The van der Waals surface area contributed by atoms with Crippen molar-refractivity contribution in [1.82, 2.24) is 0 Å². The first-order valence-corrected chi connectivity index (χ1v) is 5.52. The van der Waals surface area contributed by atoms with Gasteiger partial charge in [-0.3, -0.25) is 9.59 Å². The van der Waals surface area contributed by atoms with Crippen LogP contribution in [0.1, 0.15) is 16.9 Å². The van der Waals surface area contributed by atoms with Crippen molar-refractivity contribution in [3.63, 3.8) is 0 Å². The van der Waals surface area contributed by atoms with Crippen LogP contribution in [-0.4, -0.2) is 24.2 Å². The molecule has 0 amide bonds. The molecule has 0 saturated heterocycles. The molecule has 16 heavy (non-hydrogen) atoms. The number of hydrogen-bond donors (Lipinski definition) is 1. The van der Waals surface area contributed by atoms with E-state index in [2.05, 4.69) is 4.74 Å². The van der Waals surface area contributed by atoms with E-state index in [0.29, 0.717) is 0 Å². The first kappa shape index (κ1) is 12.4. The van der Waals surface area contributed by atoms with Crippen LogP contribution < -0.4 is 0 Å². The minimum Gasteiger partial charge on any atom is -0.481 e. The third-order valence-electron chi connectivity index (χ3n) is 1.82. The average molecular weight is 240 g/mol. The molecule has 1 aromatic rings. The summed E-state index contributed by atoms with van der Waals surface area (Å²) in [5.74, 6) is -1.14. The first-order valence-electron chi connectivity index (χ1n) is 4.64. The Balaban J connectivity index is 2.51. The number of esters is 1. The van der Waals surface area contributed by atoms with Crippen LogP contribution in [-0.2, 0) is 20.7 Å². The highest BCUT2D eigenvalue weighted by Crippen LogP contribution is 2.16. The molecule has 1 aromatic heterocycles. The van der Waals surface area contributed by atoms with E-state index in [0.717, 1.165) is 10.4 Å². The van der Waals surface area contributed by atoms with Gasteiger partial charge in [-0.1, -0.05) is 12.2 Å². The van der Waals surface area contributed by atoms with Crippen molar-refractivity contribution in [2.75, 3.05) is 7.11 Å². The lowest BCUT2D eigenvalue weighted by atomic mass is 10.2. The van der Waals surface area contributed by atoms with Gasteiger partial charge in [-0.05, 0) is 17.0 Å². The molecule has 0 aliphatic heterocycles. The summed E-state index contributed by atoms with van der Waals surface area (Å²) >= 11 is 1.39. The first-order chi connectivity index (χ1) is 7.61. The van der Waals surface area contributed by atoms with Crippen molar-refractivity contribution in [3.05, 3.63) is 28.0 Å². The Kier molecular flexibility index (Phi) is 4.72. The number of rotatable bonds is 5. The van der Waals surface area contributed by atoms with E-state index >= 15 is 0 Å². The maximum Gasteiger partial charge on any atom is 0.309 e. The third kappa shape index (κ3) is 4.27. The standard InChI is InChI=1S/C11H12O4S/c1-15-11(14)4-2-3-8-5-9(16-7-8)6-10(12)13/h2-3,5,7H,4,6H2,1H3,(H,12,13). The summed E-state index contributed by atoms with van der Waals surface area (Å²) in [6, 6.07) is 1.80. The van der Waals surface area contributed by atoms with Gasteiger partial charge in [0.25, 0.3) is 0 Å². The molecule has 1 N–H and O–H groups in total. The molecule has 0 aromatic carbocycles. The number of carbonyl (C=O) groups is 2.